The highest BCUT2D eigenvalue weighted by Gasteiger charge is 2.17. The molecule has 1 fully saturated rings. The number of fused-ring (bicyclic) bond motifs is 2. The van der Waals surface area contributed by atoms with Crippen LogP contribution in [0.15, 0.2) is 49.2 Å². The van der Waals surface area contributed by atoms with Crippen LogP contribution in [-0.4, -0.2) is 54.3 Å². The van der Waals surface area contributed by atoms with E-state index in [1.54, 1.807) is 31.0 Å². The molecule has 0 unspecified atom stereocenters. The highest BCUT2D eigenvalue weighted by Crippen LogP contribution is 2.30. The molecule has 3 N–H and O–H groups in total. The van der Waals surface area contributed by atoms with Gasteiger partial charge in [-0.2, -0.15) is 5.10 Å². The third-order valence-corrected chi connectivity index (χ3v) is 5.55. The van der Waals surface area contributed by atoms with Crippen molar-refractivity contribution in [3.8, 4) is 28.5 Å². The minimum atomic E-state index is 0.219. The fourth-order valence-corrected chi connectivity index (χ4v) is 3.95. The van der Waals surface area contributed by atoms with Crippen LogP contribution in [0.25, 0.3) is 44.7 Å². The van der Waals surface area contributed by atoms with E-state index in [0.29, 0.717) is 5.82 Å². The Morgan fingerprint density at radius 2 is 1.90 bits per heavy atom. The first kappa shape index (κ1) is 18.0. The molecule has 9 nitrogen and oxygen atoms in total. The van der Waals surface area contributed by atoms with Crippen molar-refractivity contribution in [2.75, 3.05) is 13.1 Å². The molecule has 0 amide bonds. The molecule has 1 aliphatic heterocycles. The molecule has 0 aromatic carbocycles. The van der Waals surface area contributed by atoms with E-state index in [4.69, 9.17) is 4.74 Å². The van der Waals surface area contributed by atoms with Crippen LogP contribution in [0.5, 0.6) is 5.75 Å². The van der Waals surface area contributed by atoms with Gasteiger partial charge in [0.15, 0.2) is 5.82 Å². The molecule has 6 rings (SSSR count). The summed E-state index contributed by atoms with van der Waals surface area (Å²) in [4.78, 5) is 21.1. The normalized spacial score (nSPS) is 15.0. The third-order valence-electron chi connectivity index (χ3n) is 5.55. The van der Waals surface area contributed by atoms with Gasteiger partial charge < -0.3 is 15.0 Å². The second-order valence-corrected chi connectivity index (χ2v) is 7.64. The topological polar surface area (TPSA) is 117 Å². The Balaban J connectivity index is 1.36. The monoisotopic (exact) mass is 412 g/mol. The summed E-state index contributed by atoms with van der Waals surface area (Å²) in [5, 5.41) is 11.8. The van der Waals surface area contributed by atoms with Gasteiger partial charge in [-0.25, -0.2) is 4.98 Å². The smallest absolute Gasteiger partial charge is 0.159 e. The number of ether oxygens (including phenoxy) is 1. The number of hydrogen-bond acceptors (Lipinski definition) is 7. The lowest BCUT2D eigenvalue weighted by atomic mass is 10.1. The highest BCUT2D eigenvalue weighted by molar-refractivity contribution is 5.94. The number of H-pyrrole nitrogens is 2. The minimum absolute atomic E-state index is 0.219. The first-order valence-electron chi connectivity index (χ1n) is 10.3. The molecule has 0 aliphatic carbocycles. The second-order valence-electron chi connectivity index (χ2n) is 7.64. The summed E-state index contributed by atoms with van der Waals surface area (Å²) in [5.74, 6) is 1.45. The van der Waals surface area contributed by atoms with Gasteiger partial charge in [0.05, 0.1) is 40.8 Å². The highest BCUT2D eigenvalue weighted by atomic mass is 16.5. The van der Waals surface area contributed by atoms with Crippen LogP contribution in [-0.2, 0) is 0 Å². The summed E-state index contributed by atoms with van der Waals surface area (Å²) in [6.07, 6.45) is 11.0. The summed E-state index contributed by atoms with van der Waals surface area (Å²) in [7, 11) is 0. The van der Waals surface area contributed by atoms with Crippen LogP contribution in [0.4, 0.5) is 0 Å². The molecule has 0 bridgehead atoms. The molecule has 0 saturated carbocycles. The van der Waals surface area contributed by atoms with Crippen LogP contribution < -0.4 is 10.1 Å². The molecule has 6 heterocycles. The Bertz CT molecular complexity index is 1340. The van der Waals surface area contributed by atoms with Crippen LogP contribution >= 0.6 is 0 Å². The van der Waals surface area contributed by atoms with Crippen molar-refractivity contribution in [3.05, 3.63) is 49.2 Å². The molecule has 1 saturated heterocycles. The molecule has 9 heteroatoms. The molecular formula is C22H20N8O. The van der Waals surface area contributed by atoms with Crippen molar-refractivity contribution in [1.82, 2.24) is 40.4 Å². The maximum Gasteiger partial charge on any atom is 0.159 e. The molecular weight excluding hydrogens is 392 g/mol. The van der Waals surface area contributed by atoms with Gasteiger partial charge in [-0.1, -0.05) is 0 Å². The molecule has 1 aliphatic rings. The summed E-state index contributed by atoms with van der Waals surface area (Å²) in [6, 6.07) is 5.87. The van der Waals surface area contributed by atoms with Crippen molar-refractivity contribution >= 4 is 21.9 Å². The predicted octanol–water partition coefficient (Wildman–Crippen LogP) is 3.09. The van der Waals surface area contributed by atoms with Gasteiger partial charge in [-0.3, -0.25) is 20.1 Å². The zero-order valence-corrected chi connectivity index (χ0v) is 16.7. The number of pyridine rings is 3. The van der Waals surface area contributed by atoms with Gasteiger partial charge in [0.1, 0.15) is 17.5 Å². The Morgan fingerprint density at radius 1 is 0.968 bits per heavy atom. The summed E-state index contributed by atoms with van der Waals surface area (Å²) < 4.78 is 6.15. The second kappa shape index (κ2) is 7.44. The number of imidazole rings is 1. The van der Waals surface area contributed by atoms with Crippen LogP contribution in [0.3, 0.4) is 0 Å². The van der Waals surface area contributed by atoms with Gasteiger partial charge in [0.2, 0.25) is 0 Å². The van der Waals surface area contributed by atoms with E-state index >= 15 is 0 Å². The van der Waals surface area contributed by atoms with Crippen LogP contribution in [0.1, 0.15) is 12.8 Å². The van der Waals surface area contributed by atoms with Gasteiger partial charge in [0.25, 0.3) is 0 Å². The number of hydrogen-bond donors (Lipinski definition) is 3. The van der Waals surface area contributed by atoms with Crippen molar-refractivity contribution in [1.29, 1.82) is 0 Å². The summed E-state index contributed by atoms with van der Waals surface area (Å²) >= 11 is 0. The van der Waals surface area contributed by atoms with Crippen molar-refractivity contribution in [2.24, 2.45) is 0 Å². The summed E-state index contributed by atoms with van der Waals surface area (Å²) in [5.41, 5.74) is 5.00. The number of aromatic amines is 2. The van der Waals surface area contributed by atoms with Gasteiger partial charge in [-0.15, -0.1) is 0 Å². The first-order valence-corrected chi connectivity index (χ1v) is 10.3. The van der Waals surface area contributed by atoms with E-state index in [1.807, 2.05) is 18.2 Å². The molecule has 0 spiro atoms. The van der Waals surface area contributed by atoms with Crippen LogP contribution in [0.2, 0.25) is 0 Å². The minimum Gasteiger partial charge on any atom is -0.489 e. The van der Waals surface area contributed by atoms with E-state index in [0.717, 1.165) is 70.6 Å². The van der Waals surface area contributed by atoms with Gasteiger partial charge in [-0.05, 0) is 44.1 Å². The van der Waals surface area contributed by atoms with E-state index in [2.05, 4.69) is 40.4 Å². The molecule has 5 aromatic heterocycles. The lowest BCUT2D eigenvalue weighted by molar-refractivity contribution is 0.162. The fraction of sp³-hybridized carbons (Fsp3) is 0.227. The Labute approximate surface area is 177 Å². The zero-order chi connectivity index (χ0) is 20.6. The van der Waals surface area contributed by atoms with Crippen molar-refractivity contribution in [2.45, 2.75) is 18.9 Å². The largest absolute Gasteiger partial charge is 0.489 e. The molecule has 0 radical (unpaired) electrons. The maximum atomic E-state index is 6.15. The first-order chi connectivity index (χ1) is 15.3. The molecule has 0 atom stereocenters. The van der Waals surface area contributed by atoms with Gasteiger partial charge in [0, 0.05) is 23.3 Å². The Hall–Kier alpha value is -3.85. The quantitative estimate of drug-likeness (QED) is 0.415. The standard InChI is InChI=1S/C22H20N8O/c1-4-23-5-2-14(1)31-15-7-13(9-25-10-15)18-8-16-19(12-26-18)29-30-21(16)22-27-17-3-6-24-11-20(17)28-22/h3,6-12,14,23H,1-2,4-5H2,(H,27,28)(H,29,30). The predicted molar refractivity (Wildman–Crippen MR) is 117 cm³/mol. The summed E-state index contributed by atoms with van der Waals surface area (Å²) in [6.45, 7) is 1.97. The average molecular weight is 412 g/mol. The Morgan fingerprint density at radius 3 is 2.81 bits per heavy atom. The van der Waals surface area contributed by atoms with Crippen LogP contribution in [0, 0.1) is 0 Å². The van der Waals surface area contributed by atoms with Crippen molar-refractivity contribution in [3.63, 3.8) is 0 Å². The SMILES string of the molecule is c1cc2nc(-c3n[nH]c4cnc(-c5cncc(OC6CCNCC6)c5)cc34)[nH]c2cn1. The average Bonchev–Trinajstić information content (AvgIpc) is 3.43. The fourth-order valence-electron chi connectivity index (χ4n) is 3.95. The zero-order valence-electron chi connectivity index (χ0n) is 16.7. The van der Waals surface area contributed by atoms with E-state index in [1.165, 1.54) is 0 Å². The van der Waals surface area contributed by atoms with E-state index < -0.39 is 0 Å². The number of piperidine rings is 1. The van der Waals surface area contributed by atoms with Gasteiger partial charge >= 0.3 is 0 Å². The third kappa shape index (κ3) is 3.38. The molecule has 31 heavy (non-hydrogen) atoms. The maximum absolute atomic E-state index is 6.15. The lowest BCUT2D eigenvalue weighted by Gasteiger charge is -2.23. The number of nitrogens with one attached hydrogen (secondary N) is 3. The van der Waals surface area contributed by atoms with E-state index in [9.17, 15) is 0 Å². The number of rotatable bonds is 4. The Kier molecular flexibility index (Phi) is 4.31. The lowest BCUT2D eigenvalue weighted by Crippen LogP contribution is -2.34. The number of nitrogens with zero attached hydrogens (tertiary/aromatic N) is 5. The number of aromatic nitrogens is 7. The molecule has 5 aromatic rings. The van der Waals surface area contributed by atoms with E-state index in [-0.39, 0.29) is 6.10 Å². The molecule has 154 valence electrons. The van der Waals surface area contributed by atoms with Crippen molar-refractivity contribution < 1.29 is 4.74 Å².